The number of benzene rings is 2. The van der Waals surface area contributed by atoms with E-state index in [1.807, 2.05) is 30.3 Å². The molecular weight excluding hydrogens is 378 g/mol. The van der Waals surface area contributed by atoms with Gasteiger partial charge in [-0.1, -0.05) is 24.3 Å². The molecule has 0 amide bonds. The van der Waals surface area contributed by atoms with Gasteiger partial charge in [0.2, 0.25) is 10.0 Å². The van der Waals surface area contributed by atoms with Crippen LogP contribution in [-0.2, 0) is 14.8 Å². The van der Waals surface area contributed by atoms with Crippen molar-refractivity contribution < 1.29 is 17.9 Å². The first kappa shape index (κ1) is 19.9. The van der Waals surface area contributed by atoms with Gasteiger partial charge < -0.3 is 9.64 Å². The molecule has 1 saturated heterocycles. The average molecular weight is 399 g/mol. The summed E-state index contributed by atoms with van der Waals surface area (Å²) in [6.07, 6.45) is -0.904. The highest BCUT2D eigenvalue weighted by atomic mass is 32.2. The summed E-state index contributed by atoms with van der Waals surface area (Å²) in [4.78, 5) is 14.3. The number of esters is 1. The zero-order valence-electron chi connectivity index (χ0n) is 15.5. The molecule has 1 atom stereocenters. The highest BCUT2D eigenvalue weighted by Gasteiger charge is 2.29. The van der Waals surface area contributed by atoms with E-state index in [9.17, 15) is 13.2 Å². The molecule has 2 aromatic carbocycles. The van der Waals surface area contributed by atoms with Gasteiger partial charge in [-0.2, -0.15) is 9.57 Å². The summed E-state index contributed by atoms with van der Waals surface area (Å²) in [6, 6.07) is 17.4. The minimum Gasteiger partial charge on any atom is -0.444 e. The Morgan fingerprint density at radius 1 is 1.07 bits per heavy atom. The number of sulfonamides is 1. The third kappa shape index (κ3) is 4.32. The van der Waals surface area contributed by atoms with E-state index < -0.39 is 22.1 Å². The topological polar surface area (TPSA) is 90.7 Å². The molecule has 0 spiro atoms. The predicted molar refractivity (Wildman–Crippen MR) is 104 cm³/mol. The molecule has 0 aliphatic carbocycles. The molecule has 0 radical (unpaired) electrons. The number of carbonyl (C=O) groups excluding carboxylic acids is 1. The average Bonchev–Trinajstić information content (AvgIpc) is 2.74. The van der Waals surface area contributed by atoms with Gasteiger partial charge in [-0.05, 0) is 37.3 Å². The van der Waals surface area contributed by atoms with E-state index >= 15 is 0 Å². The Hall–Kier alpha value is -2.89. The lowest BCUT2D eigenvalue weighted by Crippen LogP contribution is -2.48. The lowest BCUT2D eigenvalue weighted by molar-refractivity contribution is 0.0435. The van der Waals surface area contributed by atoms with Crippen LogP contribution in [0.1, 0.15) is 17.3 Å². The lowest BCUT2D eigenvalue weighted by atomic mass is 10.2. The number of nitriles is 1. The van der Waals surface area contributed by atoms with Crippen LogP contribution in [0.15, 0.2) is 59.5 Å². The molecule has 1 fully saturated rings. The van der Waals surface area contributed by atoms with E-state index in [-0.39, 0.29) is 10.5 Å². The zero-order valence-corrected chi connectivity index (χ0v) is 16.3. The first-order valence-corrected chi connectivity index (χ1v) is 10.4. The maximum Gasteiger partial charge on any atom is 0.339 e. The molecule has 2 aromatic rings. The van der Waals surface area contributed by atoms with E-state index in [1.54, 1.807) is 6.07 Å². The predicted octanol–water partition coefficient (Wildman–Crippen LogP) is 2.27. The van der Waals surface area contributed by atoms with Crippen LogP contribution in [0.3, 0.4) is 0 Å². The minimum absolute atomic E-state index is 0.0414. The largest absolute Gasteiger partial charge is 0.444 e. The molecule has 0 aromatic heterocycles. The van der Waals surface area contributed by atoms with Crippen molar-refractivity contribution in [1.29, 1.82) is 5.26 Å². The van der Waals surface area contributed by atoms with E-state index in [0.717, 1.165) is 5.69 Å². The van der Waals surface area contributed by atoms with Gasteiger partial charge >= 0.3 is 5.97 Å². The number of rotatable bonds is 5. The number of anilines is 1. The lowest BCUT2D eigenvalue weighted by Gasteiger charge is -2.35. The van der Waals surface area contributed by atoms with Crippen molar-refractivity contribution in [3.05, 3.63) is 60.2 Å². The van der Waals surface area contributed by atoms with Crippen molar-refractivity contribution in [3.8, 4) is 6.07 Å². The fraction of sp³-hybridized carbons (Fsp3) is 0.300. The SMILES string of the molecule is C[C@H](C#N)OC(=O)c1cccc(S(=O)(=O)N2CCN(c3ccccc3)CC2)c1. The summed E-state index contributed by atoms with van der Waals surface area (Å²) in [6.45, 7) is 3.34. The Morgan fingerprint density at radius 3 is 2.39 bits per heavy atom. The molecule has 7 nitrogen and oxygen atoms in total. The number of para-hydroxylation sites is 1. The van der Waals surface area contributed by atoms with Crippen molar-refractivity contribution in [3.63, 3.8) is 0 Å². The van der Waals surface area contributed by atoms with Gasteiger partial charge in [0.25, 0.3) is 0 Å². The molecular formula is C20H21N3O4S. The van der Waals surface area contributed by atoms with E-state index in [2.05, 4.69) is 4.90 Å². The fourth-order valence-electron chi connectivity index (χ4n) is 3.01. The van der Waals surface area contributed by atoms with Crippen LogP contribution < -0.4 is 4.90 Å². The number of carbonyl (C=O) groups is 1. The molecule has 8 heteroatoms. The highest BCUT2D eigenvalue weighted by Crippen LogP contribution is 2.22. The summed E-state index contributed by atoms with van der Waals surface area (Å²) in [5.74, 6) is -0.722. The molecule has 3 rings (SSSR count). The van der Waals surface area contributed by atoms with Crippen LogP contribution in [0.2, 0.25) is 0 Å². The van der Waals surface area contributed by atoms with Crippen molar-refractivity contribution in [1.82, 2.24) is 4.31 Å². The molecule has 146 valence electrons. The van der Waals surface area contributed by atoms with Crippen LogP contribution in [0.5, 0.6) is 0 Å². The van der Waals surface area contributed by atoms with Crippen LogP contribution in [0.4, 0.5) is 5.69 Å². The van der Waals surface area contributed by atoms with Crippen LogP contribution in [0.25, 0.3) is 0 Å². The van der Waals surface area contributed by atoms with Crippen LogP contribution in [-0.4, -0.2) is 51.0 Å². The zero-order chi connectivity index (χ0) is 20.1. The second-order valence-corrected chi connectivity index (χ2v) is 8.37. The summed E-state index contributed by atoms with van der Waals surface area (Å²) >= 11 is 0. The molecule has 0 unspecified atom stereocenters. The van der Waals surface area contributed by atoms with Crippen molar-refractivity contribution in [2.45, 2.75) is 17.9 Å². The maximum atomic E-state index is 13.0. The van der Waals surface area contributed by atoms with Crippen molar-refractivity contribution in [2.75, 3.05) is 31.1 Å². The van der Waals surface area contributed by atoms with Gasteiger partial charge in [-0.3, -0.25) is 0 Å². The van der Waals surface area contributed by atoms with Crippen LogP contribution >= 0.6 is 0 Å². The smallest absolute Gasteiger partial charge is 0.339 e. The molecule has 1 heterocycles. The minimum atomic E-state index is -3.72. The molecule has 1 aliphatic heterocycles. The summed E-state index contributed by atoms with van der Waals surface area (Å²) < 4.78 is 32.3. The number of hydrogen-bond acceptors (Lipinski definition) is 6. The van der Waals surface area contributed by atoms with E-state index in [1.165, 1.54) is 35.5 Å². The Labute approximate surface area is 164 Å². The molecule has 0 bridgehead atoms. The maximum absolute atomic E-state index is 13.0. The van der Waals surface area contributed by atoms with E-state index in [0.29, 0.717) is 26.2 Å². The van der Waals surface area contributed by atoms with Gasteiger partial charge in [0.05, 0.1) is 10.5 Å². The number of nitrogens with zero attached hydrogens (tertiary/aromatic N) is 3. The summed E-state index contributed by atoms with van der Waals surface area (Å²) in [7, 11) is -3.72. The Bertz CT molecular complexity index is 978. The molecule has 0 N–H and O–H groups in total. The standard InChI is InChI=1S/C20H21N3O4S/c1-16(15-21)27-20(24)17-6-5-9-19(14-17)28(25,26)23-12-10-22(11-13-23)18-7-3-2-4-8-18/h2-9,14,16H,10-13H2,1H3/t16-/m1/s1. The second kappa shape index (κ2) is 8.42. The molecule has 1 aliphatic rings. The second-order valence-electron chi connectivity index (χ2n) is 6.43. The Morgan fingerprint density at radius 2 is 1.75 bits per heavy atom. The van der Waals surface area contributed by atoms with Gasteiger partial charge in [0, 0.05) is 31.9 Å². The quantitative estimate of drug-likeness (QED) is 0.717. The third-order valence-electron chi connectivity index (χ3n) is 4.53. The van der Waals surface area contributed by atoms with Gasteiger partial charge in [-0.15, -0.1) is 0 Å². The first-order valence-electron chi connectivity index (χ1n) is 8.92. The van der Waals surface area contributed by atoms with Crippen molar-refractivity contribution >= 4 is 21.7 Å². The van der Waals surface area contributed by atoms with Gasteiger partial charge in [-0.25, -0.2) is 13.2 Å². The van der Waals surface area contributed by atoms with Crippen molar-refractivity contribution in [2.24, 2.45) is 0 Å². The van der Waals surface area contributed by atoms with Crippen LogP contribution in [0, 0.1) is 11.3 Å². The monoisotopic (exact) mass is 399 g/mol. The number of ether oxygens (including phenoxy) is 1. The number of hydrogen-bond donors (Lipinski definition) is 0. The summed E-state index contributed by atoms with van der Waals surface area (Å²) in [5.41, 5.74) is 1.17. The Kier molecular flexibility index (Phi) is 5.97. The summed E-state index contributed by atoms with van der Waals surface area (Å²) in [5, 5.41) is 8.75. The molecule has 0 saturated carbocycles. The Balaban J connectivity index is 1.72. The van der Waals surface area contributed by atoms with Gasteiger partial charge in [0.15, 0.2) is 6.10 Å². The third-order valence-corrected chi connectivity index (χ3v) is 6.43. The fourth-order valence-corrected chi connectivity index (χ4v) is 4.48. The first-order chi connectivity index (χ1) is 13.4. The highest BCUT2D eigenvalue weighted by molar-refractivity contribution is 7.89. The molecule has 28 heavy (non-hydrogen) atoms. The number of piperazine rings is 1. The normalized spacial score (nSPS) is 16.2. The van der Waals surface area contributed by atoms with Gasteiger partial charge in [0.1, 0.15) is 6.07 Å². The van der Waals surface area contributed by atoms with E-state index in [4.69, 9.17) is 10.00 Å².